The number of rotatable bonds is 6. The van der Waals surface area contributed by atoms with Crippen LogP contribution in [-0.4, -0.2) is 127 Å². The van der Waals surface area contributed by atoms with E-state index in [-0.39, 0.29) is 22.7 Å². The molecule has 256 valence electrons. The average Bonchev–Trinajstić information content (AvgIpc) is 3.20. The van der Waals surface area contributed by atoms with Crippen molar-refractivity contribution in [1.82, 2.24) is 0 Å². The summed E-state index contributed by atoms with van der Waals surface area (Å²) in [5, 5.41) is 81.4. The van der Waals surface area contributed by atoms with Gasteiger partial charge in [-0.15, -0.1) is 0 Å². The molecule has 4 aliphatic carbocycles. The number of carbonyl (C=O) groups excluding carboxylic acids is 1. The van der Waals surface area contributed by atoms with Crippen LogP contribution >= 0.6 is 0 Å². The van der Waals surface area contributed by atoms with Crippen molar-refractivity contribution in [3.63, 3.8) is 0 Å². The van der Waals surface area contributed by atoms with Gasteiger partial charge in [0.25, 0.3) is 0 Å². The monoisotopic (exact) mass is 642 g/mol. The summed E-state index contributed by atoms with van der Waals surface area (Å²) in [6.07, 6.45) is -7.82. The second-order valence-electron chi connectivity index (χ2n) is 15.2. The molecule has 4 unspecified atom stereocenters. The highest BCUT2D eigenvalue weighted by atomic mass is 16.7. The van der Waals surface area contributed by atoms with Crippen LogP contribution in [-0.2, 0) is 23.7 Å². The molecule has 6 rings (SSSR count). The highest BCUT2D eigenvalue weighted by Crippen LogP contribution is 2.73. The van der Waals surface area contributed by atoms with E-state index in [0.717, 1.165) is 37.7 Å². The van der Waals surface area contributed by atoms with Gasteiger partial charge in [0.15, 0.2) is 6.29 Å². The molecule has 13 heteroatoms. The van der Waals surface area contributed by atoms with Crippen LogP contribution in [0.15, 0.2) is 12.2 Å². The Morgan fingerprint density at radius 3 is 2.00 bits per heavy atom. The van der Waals surface area contributed by atoms with E-state index in [2.05, 4.69) is 13.5 Å². The van der Waals surface area contributed by atoms with Gasteiger partial charge in [0.1, 0.15) is 48.8 Å². The molecule has 4 saturated carbocycles. The molecule has 8 N–H and O–H groups in total. The molecule has 13 nitrogen and oxygen atoms in total. The van der Waals surface area contributed by atoms with Gasteiger partial charge >= 0.3 is 5.97 Å². The second-order valence-corrected chi connectivity index (χ2v) is 15.2. The Hall–Kier alpha value is -1.23. The van der Waals surface area contributed by atoms with E-state index in [0.29, 0.717) is 25.7 Å². The lowest BCUT2D eigenvalue weighted by Crippen LogP contribution is -2.63. The van der Waals surface area contributed by atoms with Crippen LogP contribution in [0.1, 0.15) is 71.6 Å². The fourth-order valence-corrected chi connectivity index (χ4v) is 10.5. The molecule has 0 aromatic carbocycles. The van der Waals surface area contributed by atoms with Gasteiger partial charge in [-0.05, 0) is 86.5 Å². The standard InChI is InChI=1S/C32H50O13/c1-15-11-31-9-5-18-29(2,7-4-8-30(18,3)28(41)44-26-24(39)22(37)20(35)16(12-33)42-26)19(31)6-10-32(15,14-31)45-27-25(40)23(38)21(36)17(13-34)43-27/h16-27,33-40H,1,4-14H2,2-3H3/t16-,17+,18-,19-,20-,21+,22+,23-,24-,25+,26?,27?,29+,30+,31?,32?/m0/s1. The summed E-state index contributed by atoms with van der Waals surface area (Å²) in [6.45, 7) is 7.41. The number of esters is 1. The van der Waals surface area contributed by atoms with Gasteiger partial charge < -0.3 is 59.8 Å². The third-order valence-corrected chi connectivity index (χ3v) is 12.9. The number of hydrogen-bond donors (Lipinski definition) is 8. The quantitative estimate of drug-likeness (QED) is 0.102. The normalized spacial score (nSPS) is 54.7. The number of aliphatic hydroxyl groups excluding tert-OH is 8. The predicted octanol–water partition coefficient (Wildman–Crippen LogP) is -0.762. The van der Waals surface area contributed by atoms with Gasteiger partial charge in [0.05, 0.1) is 24.2 Å². The molecule has 2 bridgehead atoms. The molecule has 6 aliphatic rings. The molecule has 16 atom stereocenters. The Labute approximate surface area is 262 Å². The van der Waals surface area contributed by atoms with E-state index in [9.17, 15) is 45.6 Å². The molecule has 0 radical (unpaired) electrons. The average molecular weight is 643 g/mol. The lowest BCUT2D eigenvalue weighted by Gasteiger charge is -2.64. The van der Waals surface area contributed by atoms with Crippen molar-refractivity contribution in [1.29, 1.82) is 0 Å². The zero-order chi connectivity index (χ0) is 32.7. The minimum Gasteiger partial charge on any atom is -0.432 e. The van der Waals surface area contributed by atoms with E-state index in [4.69, 9.17) is 18.9 Å². The molecule has 2 heterocycles. The van der Waals surface area contributed by atoms with E-state index in [1.807, 2.05) is 6.92 Å². The lowest BCUT2D eigenvalue weighted by atomic mass is 9.41. The first-order chi connectivity index (χ1) is 21.2. The van der Waals surface area contributed by atoms with Crippen molar-refractivity contribution in [2.45, 2.75) is 139 Å². The van der Waals surface area contributed by atoms with Crippen molar-refractivity contribution in [3.05, 3.63) is 12.2 Å². The van der Waals surface area contributed by atoms with Crippen molar-refractivity contribution < 1.29 is 64.6 Å². The van der Waals surface area contributed by atoms with Crippen molar-refractivity contribution >= 4 is 5.97 Å². The van der Waals surface area contributed by atoms with Crippen LogP contribution in [0.25, 0.3) is 0 Å². The number of aliphatic hydroxyl groups is 8. The minimum absolute atomic E-state index is 0.0421. The summed E-state index contributed by atoms with van der Waals surface area (Å²) >= 11 is 0. The Bertz CT molecular complexity index is 1150. The SMILES string of the molecule is C=C1CC23CC[C@H]4[C@@](C)(CCC[C@@]4(C)C(=O)OC4O[C@@H](CO)[C@H](O)[C@@H](O)[C@@H]4O)[C@@H]2CCC1(OC1O[C@H](CO)[C@@H](O)[C@H](O)[C@H]1O)C3. The maximum absolute atomic E-state index is 13.9. The summed E-state index contributed by atoms with van der Waals surface area (Å²) in [7, 11) is 0. The van der Waals surface area contributed by atoms with Crippen LogP contribution in [0.4, 0.5) is 0 Å². The number of fused-ring (bicyclic) bond motifs is 3. The summed E-state index contributed by atoms with van der Waals surface area (Å²) in [6, 6.07) is 0. The Morgan fingerprint density at radius 1 is 0.800 bits per heavy atom. The molecule has 1 spiro atoms. The van der Waals surface area contributed by atoms with E-state index < -0.39 is 91.6 Å². The molecule has 2 aliphatic heterocycles. The van der Waals surface area contributed by atoms with Gasteiger partial charge in [0.2, 0.25) is 6.29 Å². The topological polar surface area (TPSA) is 216 Å². The van der Waals surface area contributed by atoms with E-state index >= 15 is 0 Å². The van der Waals surface area contributed by atoms with Gasteiger partial charge in [-0.1, -0.05) is 19.9 Å². The third-order valence-electron chi connectivity index (χ3n) is 12.9. The number of ether oxygens (including phenoxy) is 4. The van der Waals surface area contributed by atoms with Crippen molar-refractivity contribution in [3.8, 4) is 0 Å². The Morgan fingerprint density at radius 2 is 1.38 bits per heavy atom. The van der Waals surface area contributed by atoms with Gasteiger partial charge in [-0.2, -0.15) is 0 Å². The second kappa shape index (κ2) is 11.7. The smallest absolute Gasteiger partial charge is 0.314 e. The zero-order valence-electron chi connectivity index (χ0n) is 26.0. The van der Waals surface area contributed by atoms with Gasteiger partial charge in [-0.3, -0.25) is 4.79 Å². The maximum atomic E-state index is 13.9. The first-order valence-corrected chi connectivity index (χ1v) is 16.3. The van der Waals surface area contributed by atoms with Gasteiger partial charge in [-0.25, -0.2) is 0 Å². The fraction of sp³-hybridized carbons (Fsp3) is 0.906. The number of carbonyl (C=O) groups is 1. The van der Waals surface area contributed by atoms with Crippen LogP contribution in [0.2, 0.25) is 0 Å². The molecular weight excluding hydrogens is 592 g/mol. The molecule has 0 aromatic heterocycles. The molecular formula is C32H50O13. The van der Waals surface area contributed by atoms with Crippen LogP contribution < -0.4 is 0 Å². The third kappa shape index (κ3) is 5.04. The molecule has 2 saturated heterocycles. The summed E-state index contributed by atoms with van der Waals surface area (Å²) < 4.78 is 23.4. The molecule has 45 heavy (non-hydrogen) atoms. The first-order valence-electron chi connectivity index (χ1n) is 16.3. The van der Waals surface area contributed by atoms with Gasteiger partial charge in [0, 0.05) is 0 Å². The Kier molecular flexibility index (Phi) is 8.77. The fourth-order valence-electron chi connectivity index (χ4n) is 10.5. The maximum Gasteiger partial charge on any atom is 0.314 e. The Balaban J connectivity index is 1.20. The molecule has 6 fully saturated rings. The minimum atomic E-state index is -1.67. The largest absolute Gasteiger partial charge is 0.432 e. The lowest BCUT2D eigenvalue weighted by molar-refractivity contribution is -0.327. The van der Waals surface area contributed by atoms with Crippen LogP contribution in [0, 0.1) is 28.1 Å². The van der Waals surface area contributed by atoms with Crippen molar-refractivity contribution in [2.24, 2.45) is 28.1 Å². The molecule has 0 amide bonds. The van der Waals surface area contributed by atoms with E-state index in [1.54, 1.807) is 0 Å². The highest BCUT2D eigenvalue weighted by Gasteiger charge is 2.69. The van der Waals surface area contributed by atoms with Crippen molar-refractivity contribution in [2.75, 3.05) is 13.2 Å². The predicted molar refractivity (Wildman–Crippen MR) is 154 cm³/mol. The van der Waals surface area contributed by atoms with Crippen LogP contribution in [0.3, 0.4) is 0 Å². The summed E-state index contributed by atoms with van der Waals surface area (Å²) in [5.74, 6) is -0.348. The first kappa shape index (κ1) is 33.7. The van der Waals surface area contributed by atoms with E-state index in [1.165, 1.54) is 0 Å². The number of hydrogen-bond acceptors (Lipinski definition) is 13. The zero-order valence-corrected chi connectivity index (χ0v) is 26.0. The summed E-state index contributed by atoms with van der Waals surface area (Å²) in [5.41, 5.74) is -1.20. The molecule has 0 aromatic rings. The van der Waals surface area contributed by atoms with Crippen LogP contribution in [0.5, 0.6) is 0 Å². The summed E-state index contributed by atoms with van der Waals surface area (Å²) in [4.78, 5) is 13.9. The highest BCUT2D eigenvalue weighted by molar-refractivity contribution is 5.77.